The van der Waals surface area contributed by atoms with E-state index in [4.69, 9.17) is 16.1 Å². The van der Waals surface area contributed by atoms with Gasteiger partial charge in [-0.05, 0) is 24.0 Å². The molecule has 21 heavy (non-hydrogen) atoms. The van der Waals surface area contributed by atoms with Crippen LogP contribution in [0.5, 0.6) is 0 Å². The number of nitrogens with zero attached hydrogens (tertiary/aromatic N) is 2. The maximum Gasteiger partial charge on any atom is 0.229 e. The van der Waals surface area contributed by atoms with E-state index in [1.165, 1.54) is 6.07 Å². The van der Waals surface area contributed by atoms with Gasteiger partial charge in [-0.15, -0.1) is 0 Å². The number of benzene rings is 1. The number of halogens is 2. The van der Waals surface area contributed by atoms with Crippen molar-refractivity contribution in [2.75, 3.05) is 0 Å². The molecule has 2 aromatic rings. The molecule has 6 heteroatoms. The third-order valence-corrected chi connectivity index (χ3v) is 3.34. The summed E-state index contributed by atoms with van der Waals surface area (Å²) in [6.07, 6.45) is 0.668. The van der Waals surface area contributed by atoms with Crippen LogP contribution in [0.15, 0.2) is 22.7 Å². The van der Waals surface area contributed by atoms with Crippen LogP contribution in [0, 0.1) is 11.7 Å². The van der Waals surface area contributed by atoms with Gasteiger partial charge in [-0.2, -0.15) is 4.98 Å². The Kier molecular flexibility index (Phi) is 5.31. The Balaban J connectivity index is 2.01. The van der Waals surface area contributed by atoms with E-state index in [1.807, 2.05) is 13.8 Å². The molecular formula is C15H18ClFN2O2. The zero-order valence-corrected chi connectivity index (χ0v) is 12.8. The van der Waals surface area contributed by atoms with Crippen molar-refractivity contribution in [3.8, 4) is 0 Å². The molecule has 2 rings (SSSR count). The quantitative estimate of drug-likeness (QED) is 0.888. The Bertz CT molecular complexity index is 601. The molecule has 0 amide bonds. The summed E-state index contributed by atoms with van der Waals surface area (Å²) in [4.78, 5) is 4.18. The molecule has 0 aliphatic rings. The first-order chi connectivity index (χ1) is 9.95. The average Bonchev–Trinajstić information content (AvgIpc) is 2.81. The van der Waals surface area contributed by atoms with Gasteiger partial charge in [0.15, 0.2) is 5.82 Å². The van der Waals surface area contributed by atoms with Gasteiger partial charge in [0.1, 0.15) is 5.82 Å². The summed E-state index contributed by atoms with van der Waals surface area (Å²) < 4.78 is 18.9. The molecule has 0 aliphatic heterocycles. The van der Waals surface area contributed by atoms with Crippen molar-refractivity contribution in [2.24, 2.45) is 5.92 Å². The molecule has 1 heterocycles. The van der Waals surface area contributed by atoms with Gasteiger partial charge >= 0.3 is 0 Å². The second-order valence-electron chi connectivity index (χ2n) is 5.48. The number of hydrogen-bond acceptors (Lipinski definition) is 4. The van der Waals surface area contributed by atoms with E-state index in [9.17, 15) is 9.50 Å². The molecule has 0 fully saturated rings. The van der Waals surface area contributed by atoms with E-state index in [2.05, 4.69) is 10.1 Å². The Labute approximate surface area is 127 Å². The van der Waals surface area contributed by atoms with Crippen LogP contribution < -0.4 is 0 Å². The summed E-state index contributed by atoms with van der Waals surface area (Å²) in [5.41, 5.74) is 0.414. The van der Waals surface area contributed by atoms with Gasteiger partial charge in [0, 0.05) is 6.42 Å². The summed E-state index contributed by atoms with van der Waals surface area (Å²) in [5.74, 6) is 0.664. The number of aliphatic hydroxyl groups is 1. The normalized spacial score (nSPS) is 12.9. The zero-order chi connectivity index (χ0) is 15.4. The van der Waals surface area contributed by atoms with Gasteiger partial charge in [-0.3, -0.25) is 0 Å². The standard InChI is InChI=1S/C15H18ClFN2O2/c1-9(2)6-11(20)8-14-18-13(19-21-14)7-10-4-3-5-12(16)15(10)17/h3-5,9,11,20H,6-8H2,1-2H3. The van der Waals surface area contributed by atoms with E-state index in [0.29, 0.717) is 36.0 Å². The molecular weight excluding hydrogens is 295 g/mol. The highest BCUT2D eigenvalue weighted by atomic mass is 35.5. The molecule has 0 saturated heterocycles. The summed E-state index contributed by atoms with van der Waals surface area (Å²) in [6, 6.07) is 4.79. The van der Waals surface area contributed by atoms with Crippen molar-refractivity contribution in [3.05, 3.63) is 46.3 Å². The minimum atomic E-state index is -0.513. The van der Waals surface area contributed by atoms with Crippen molar-refractivity contribution in [1.82, 2.24) is 10.1 Å². The number of aliphatic hydroxyl groups excluding tert-OH is 1. The number of aromatic nitrogens is 2. The lowest BCUT2D eigenvalue weighted by Crippen LogP contribution is -2.13. The first kappa shape index (κ1) is 15.9. The lowest BCUT2D eigenvalue weighted by Gasteiger charge is -2.09. The summed E-state index contributed by atoms with van der Waals surface area (Å²) in [7, 11) is 0. The highest BCUT2D eigenvalue weighted by molar-refractivity contribution is 6.30. The molecule has 0 saturated carbocycles. The van der Waals surface area contributed by atoms with Crippen molar-refractivity contribution in [2.45, 2.75) is 39.2 Å². The molecule has 114 valence electrons. The van der Waals surface area contributed by atoms with Crippen molar-refractivity contribution in [1.29, 1.82) is 0 Å². The van der Waals surface area contributed by atoms with Crippen molar-refractivity contribution >= 4 is 11.6 Å². The zero-order valence-electron chi connectivity index (χ0n) is 12.0. The van der Waals surface area contributed by atoms with Gasteiger partial charge < -0.3 is 9.63 Å². The Morgan fingerprint density at radius 1 is 1.38 bits per heavy atom. The lowest BCUT2D eigenvalue weighted by molar-refractivity contribution is 0.138. The third kappa shape index (κ3) is 4.51. The highest BCUT2D eigenvalue weighted by Crippen LogP contribution is 2.20. The van der Waals surface area contributed by atoms with Crippen LogP contribution in [-0.2, 0) is 12.8 Å². The Morgan fingerprint density at radius 2 is 2.14 bits per heavy atom. The fourth-order valence-electron chi connectivity index (χ4n) is 2.13. The smallest absolute Gasteiger partial charge is 0.229 e. The maximum atomic E-state index is 13.8. The topological polar surface area (TPSA) is 59.2 Å². The minimum Gasteiger partial charge on any atom is -0.393 e. The number of hydrogen-bond donors (Lipinski definition) is 1. The fourth-order valence-corrected chi connectivity index (χ4v) is 2.32. The Hall–Kier alpha value is -1.46. The predicted molar refractivity (Wildman–Crippen MR) is 77.7 cm³/mol. The van der Waals surface area contributed by atoms with E-state index >= 15 is 0 Å². The minimum absolute atomic E-state index is 0.0728. The van der Waals surface area contributed by atoms with Crippen molar-refractivity contribution in [3.63, 3.8) is 0 Å². The molecule has 0 bridgehead atoms. The Morgan fingerprint density at radius 3 is 2.86 bits per heavy atom. The van der Waals surface area contributed by atoms with Crippen LogP contribution in [0.25, 0.3) is 0 Å². The maximum absolute atomic E-state index is 13.8. The molecule has 4 nitrogen and oxygen atoms in total. The molecule has 1 N–H and O–H groups in total. The van der Waals surface area contributed by atoms with Gasteiger partial charge in [0.2, 0.25) is 5.89 Å². The first-order valence-corrected chi connectivity index (χ1v) is 7.26. The van der Waals surface area contributed by atoms with E-state index in [-0.39, 0.29) is 11.4 Å². The summed E-state index contributed by atoms with van der Waals surface area (Å²) >= 11 is 5.73. The lowest BCUT2D eigenvalue weighted by atomic mass is 10.0. The molecule has 0 radical (unpaired) electrons. The number of rotatable bonds is 6. The van der Waals surface area contributed by atoms with Crippen LogP contribution >= 0.6 is 11.6 Å². The van der Waals surface area contributed by atoms with Crippen LogP contribution in [0.3, 0.4) is 0 Å². The highest BCUT2D eigenvalue weighted by Gasteiger charge is 2.15. The SMILES string of the molecule is CC(C)CC(O)Cc1nc(Cc2cccc(Cl)c2F)no1. The molecule has 0 spiro atoms. The first-order valence-electron chi connectivity index (χ1n) is 6.88. The van der Waals surface area contributed by atoms with Crippen LogP contribution in [0.2, 0.25) is 5.02 Å². The molecule has 1 aromatic heterocycles. The van der Waals surface area contributed by atoms with E-state index in [0.717, 1.165) is 0 Å². The van der Waals surface area contributed by atoms with Gasteiger partial charge in [0.25, 0.3) is 0 Å². The molecule has 1 aromatic carbocycles. The average molecular weight is 313 g/mol. The molecule has 0 aliphatic carbocycles. The van der Waals surface area contributed by atoms with E-state index in [1.54, 1.807) is 12.1 Å². The second-order valence-corrected chi connectivity index (χ2v) is 5.89. The van der Waals surface area contributed by atoms with Crippen LogP contribution in [0.1, 0.15) is 37.5 Å². The predicted octanol–water partition coefficient (Wildman–Crippen LogP) is 3.40. The van der Waals surface area contributed by atoms with Gasteiger partial charge in [0.05, 0.1) is 17.5 Å². The second kappa shape index (κ2) is 7.00. The van der Waals surface area contributed by atoms with Crippen molar-refractivity contribution < 1.29 is 14.0 Å². The monoisotopic (exact) mass is 312 g/mol. The fraction of sp³-hybridized carbons (Fsp3) is 0.467. The van der Waals surface area contributed by atoms with Crippen LogP contribution in [0.4, 0.5) is 4.39 Å². The molecule has 1 atom stereocenters. The van der Waals surface area contributed by atoms with Gasteiger partial charge in [-0.1, -0.05) is 42.7 Å². The van der Waals surface area contributed by atoms with Gasteiger partial charge in [-0.25, -0.2) is 4.39 Å². The summed E-state index contributed by atoms with van der Waals surface area (Å²) in [5, 5.41) is 13.7. The van der Waals surface area contributed by atoms with E-state index < -0.39 is 11.9 Å². The largest absolute Gasteiger partial charge is 0.393 e. The van der Waals surface area contributed by atoms with Crippen LogP contribution in [-0.4, -0.2) is 21.4 Å². The molecule has 1 unspecified atom stereocenters. The summed E-state index contributed by atoms with van der Waals surface area (Å²) in [6.45, 7) is 4.06. The third-order valence-electron chi connectivity index (χ3n) is 3.04.